The van der Waals surface area contributed by atoms with Crippen molar-refractivity contribution in [1.82, 2.24) is 0 Å². The van der Waals surface area contributed by atoms with E-state index in [2.05, 4.69) is 4.74 Å². The molecule has 3 nitrogen and oxygen atoms in total. The minimum absolute atomic E-state index is 0.0601. The smallest absolute Gasteiger partial charge is 0.316 e. The lowest BCUT2D eigenvalue weighted by atomic mass is 9.88. The Morgan fingerprint density at radius 1 is 1.54 bits per heavy atom. The molecule has 0 aromatic heterocycles. The van der Waals surface area contributed by atoms with Crippen molar-refractivity contribution in [3.8, 4) is 0 Å². The van der Waals surface area contributed by atoms with Crippen LogP contribution in [-0.4, -0.2) is 25.0 Å². The van der Waals surface area contributed by atoms with Crippen molar-refractivity contribution in [3.05, 3.63) is 0 Å². The molecule has 0 heterocycles. The average molecular weight is 188 g/mol. The molecule has 1 atom stereocenters. The largest absolute Gasteiger partial charge is 0.462 e. The molecule has 74 valence electrons. The molecule has 0 amide bonds. The SMILES string of the molecule is O=C1CCCCC1C(=O)OCCF. The van der Waals surface area contributed by atoms with Crippen molar-refractivity contribution in [2.24, 2.45) is 5.92 Å². The second-order valence-electron chi connectivity index (χ2n) is 3.12. The van der Waals surface area contributed by atoms with Crippen LogP contribution < -0.4 is 0 Å². The predicted octanol–water partition coefficient (Wildman–Crippen LogP) is 1.26. The van der Waals surface area contributed by atoms with Gasteiger partial charge in [-0.05, 0) is 12.8 Å². The first-order valence-electron chi connectivity index (χ1n) is 4.51. The van der Waals surface area contributed by atoms with Crippen molar-refractivity contribution in [3.63, 3.8) is 0 Å². The van der Waals surface area contributed by atoms with E-state index in [9.17, 15) is 14.0 Å². The van der Waals surface area contributed by atoms with Crippen LogP contribution in [0.1, 0.15) is 25.7 Å². The van der Waals surface area contributed by atoms with Crippen LogP contribution in [0.2, 0.25) is 0 Å². The summed E-state index contributed by atoms with van der Waals surface area (Å²) in [7, 11) is 0. The number of esters is 1. The molecule has 1 aliphatic carbocycles. The fourth-order valence-corrected chi connectivity index (χ4v) is 1.47. The molecule has 0 aromatic rings. The van der Waals surface area contributed by atoms with Crippen LogP contribution in [-0.2, 0) is 14.3 Å². The number of halogens is 1. The number of alkyl halides is 1. The van der Waals surface area contributed by atoms with E-state index in [0.29, 0.717) is 12.8 Å². The first-order chi connectivity index (χ1) is 6.25. The van der Waals surface area contributed by atoms with Crippen molar-refractivity contribution in [2.45, 2.75) is 25.7 Å². The molecule has 13 heavy (non-hydrogen) atoms. The maximum absolute atomic E-state index is 11.7. The fraction of sp³-hybridized carbons (Fsp3) is 0.778. The van der Waals surface area contributed by atoms with Gasteiger partial charge in [0.05, 0.1) is 0 Å². The van der Waals surface area contributed by atoms with E-state index in [1.807, 2.05) is 0 Å². The van der Waals surface area contributed by atoms with Crippen LogP contribution in [0.25, 0.3) is 0 Å². The molecule has 1 unspecified atom stereocenters. The molecular weight excluding hydrogens is 175 g/mol. The molecule has 1 aliphatic rings. The Balaban J connectivity index is 2.39. The Morgan fingerprint density at radius 3 is 2.92 bits per heavy atom. The zero-order valence-corrected chi connectivity index (χ0v) is 7.42. The monoisotopic (exact) mass is 188 g/mol. The van der Waals surface area contributed by atoms with E-state index in [4.69, 9.17) is 0 Å². The zero-order chi connectivity index (χ0) is 9.68. The van der Waals surface area contributed by atoms with Crippen LogP contribution in [0.5, 0.6) is 0 Å². The highest BCUT2D eigenvalue weighted by Crippen LogP contribution is 2.21. The fourth-order valence-electron chi connectivity index (χ4n) is 1.47. The van der Waals surface area contributed by atoms with Crippen molar-refractivity contribution >= 4 is 11.8 Å². The van der Waals surface area contributed by atoms with E-state index in [0.717, 1.165) is 12.8 Å². The first-order valence-corrected chi connectivity index (χ1v) is 4.51. The lowest BCUT2D eigenvalue weighted by molar-refractivity contribution is -0.153. The first kappa shape index (κ1) is 10.2. The molecule has 0 bridgehead atoms. The third-order valence-electron chi connectivity index (χ3n) is 2.16. The maximum Gasteiger partial charge on any atom is 0.316 e. The van der Waals surface area contributed by atoms with Crippen LogP contribution in [0.15, 0.2) is 0 Å². The zero-order valence-electron chi connectivity index (χ0n) is 7.42. The second-order valence-corrected chi connectivity index (χ2v) is 3.12. The van der Waals surface area contributed by atoms with Gasteiger partial charge in [-0.2, -0.15) is 0 Å². The predicted molar refractivity (Wildman–Crippen MR) is 43.9 cm³/mol. The molecule has 0 aliphatic heterocycles. The van der Waals surface area contributed by atoms with E-state index in [-0.39, 0.29) is 12.4 Å². The number of ether oxygens (including phenoxy) is 1. The number of Topliss-reactive ketones (excluding diaryl/α,β-unsaturated/α-hetero) is 1. The Hall–Kier alpha value is -0.930. The lowest BCUT2D eigenvalue weighted by Crippen LogP contribution is -2.29. The summed E-state index contributed by atoms with van der Waals surface area (Å²) in [5, 5.41) is 0. The van der Waals surface area contributed by atoms with Crippen LogP contribution in [0.4, 0.5) is 4.39 Å². The molecule has 0 radical (unpaired) electrons. The van der Waals surface area contributed by atoms with Gasteiger partial charge in [-0.3, -0.25) is 9.59 Å². The van der Waals surface area contributed by atoms with E-state index >= 15 is 0 Å². The van der Waals surface area contributed by atoms with Gasteiger partial charge in [0.2, 0.25) is 0 Å². The second kappa shape index (κ2) is 4.94. The van der Waals surface area contributed by atoms with Gasteiger partial charge in [-0.25, -0.2) is 4.39 Å². The third kappa shape index (κ3) is 2.79. The maximum atomic E-state index is 11.7. The summed E-state index contributed by atoms with van der Waals surface area (Å²) in [4.78, 5) is 22.4. The van der Waals surface area contributed by atoms with E-state index in [1.165, 1.54) is 0 Å². The molecule has 0 aromatic carbocycles. The molecule has 1 fully saturated rings. The molecular formula is C9H13FO3. The minimum atomic E-state index is -0.688. The van der Waals surface area contributed by atoms with Gasteiger partial charge in [-0.1, -0.05) is 6.42 Å². The van der Waals surface area contributed by atoms with Gasteiger partial charge >= 0.3 is 5.97 Å². The molecule has 1 saturated carbocycles. The summed E-state index contributed by atoms with van der Waals surface area (Å²) in [6.45, 7) is -0.921. The van der Waals surface area contributed by atoms with Crippen LogP contribution in [0.3, 0.4) is 0 Å². The highest BCUT2D eigenvalue weighted by Gasteiger charge is 2.29. The lowest BCUT2D eigenvalue weighted by Gasteiger charge is -2.18. The Bertz CT molecular complexity index is 203. The van der Waals surface area contributed by atoms with Crippen molar-refractivity contribution in [2.75, 3.05) is 13.3 Å². The molecule has 1 rings (SSSR count). The van der Waals surface area contributed by atoms with Crippen molar-refractivity contribution < 1.29 is 18.7 Å². The summed E-state index contributed by atoms with van der Waals surface area (Å²) in [5.74, 6) is -1.24. The summed E-state index contributed by atoms with van der Waals surface area (Å²) in [6.07, 6.45) is 2.74. The summed E-state index contributed by atoms with van der Waals surface area (Å²) < 4.78 is 16.2. The Labute approximate surface area is 76.3 Å². The van der Waals surface area contributed by atoms with Gasteiger partial charge in [0.1, 0.15) is 25.0 Å². The normalized spacial score (nSPS) is 22.8. The molecule has 4 heteroatoms. The van der Waals surface area contributed by atoms with Gasteiger partial charge in [-0.15, -0.1) is 0 Å². The summed E-state index contributed by atoms with van der Waals surface area (Å²) in [5.41, 5.74) is 0. The van der Waals surface area contributed by atoms with Gasteiger partial charge in [0.15, 0.2) is 0 Å². The highest BCUT2D eigenvalue weighted by molar-refractivity contribution is 5.99. The van der Waals surface area contributed by atoms with Gasteiger partial charge < -0.3 is 4.74 Å². The summed E-state index contributed by atoms with van der Waals surface area (Å²) in [6, 6.07) is 0. The molecule has 0 N–H and O–H groups in total. The van der Waals surface area contributed by atoms with Crippen LogP contribution >= 0.6 is 0 Å². The van der Waals surface area contributed by atoms with Gasteiger partial charge in [0.25, 0.3) is 0 Å². The topological polar surface area (TPSA) is 43.4 Å². The highest BCUT2D eigenvalue weighted by atomic mass is 19.1. The van der Waals surface area contributed by atoms with Crippen LogP contribution in [0, 0.1) is 5.92 Å². The minimum Gasteiger partial charge on any atom is -0.462 e. The van der Waals surface area contributed by atoms with E-state index in [1.54, 1.807) is 0 Å². The summed E-state index contributed by atoms with van der Waals surface area (Å²) >= 11 is 0. The number of ketones is 1. The number of rotatable bonds is 3. The molecule has 0 spiro atoms. The van der Waals surface area contributed by atoms with E-state index < -0.39 is 18.6 Å². The number of carbonyl (C=O) groups excluding carboxylic acids is 2. The standard InChI is InChI=1S/C9H13FO3/c10-5-6-13-9(12)7-3-1-2-4-8(7)11/h7H,1-6H2. The average Bonchev–Trinajstić information content (AvgIpc) is 2.15. The quantitative estimate of drug-likeness (QED) is 0.494. The molecule has 0 saturated heterocycles. The third-order valence-corrected chi connectivity index (χ3v) is 2.16. The van der Waals surface area contributed by atoms with Gasteiger partial charge in [0, 0.05) is 6.42 Å². The Kier molecular flexibility index (Phi) is 3.86. The van der Waals surface area contributed by atoms with Crippen molar-refractivity contribution in [1.29, 1.82) is 0 Å². The number of carbonyl (C=O) groups is 2. The number of hydrogen-bond donors (Lipinski definition) is 0. The Morgan fingerprint density at radius 2 is 2.31 bits per heavy atom. The number of hydrogen-bond acceptors (Lipinski definition) is 3.